The molecule has 0 radical (unpaired) electrons. The highest BCUT2D eigenvalue weighted by atomic mass is 32.2. The number of aliphatic imine (C=N–C) groups is 1. The molecule has 4 aromatic rings. The summed E-state index contributed by atoms with van der Waals surface area (Å²) in [6.07, 6.45) is 4.57. The van der Waals surface area contributed by atoms with E-state index >= 15 is 0 Å². The minimum atomic E-state index is -4.75. The monoisotopic (exact) mass is 566 g/mol. The molecule has 6 rings (SSSR count). The van der Waals surface area contributed by atoms with Gasteiger partial charge in [-0.25, -0.2) is 15.0 Å². The third-order valence-corrected chi connectivity index (χ3v) is 7.35. The van der Waals surface area contributed by atoms with E-state index in [0.29, 0.717) is 40.3 Å². The summed E-state index contributed by atoms with van der Waals surface area (Å²) in [5, 5.41) is 3.51. The molecule has 2 aliphatic rings. The highest BCUT2D eigenvalue weighted by molar-refractivity contribution is 8.14. The molecule has 3 N–H and O–H groups in total. The Morgan fingerprint density at radius 2 is 2.05 bits per heavy atom. The van der Waals surface area contributed by atoms with Crippen molar-refractivity contribution >= 4 is 28.5 Å². The van der Waals surface area contributed by atoms with Crippen molar-refractivity contribution in [1.82, 2.24) is 29.2 Å². The fraction of sp³-hybridized carbons (Fsp3) is 0.192. The number of carbonyl (C=O) groups is 1. The van der Waals surface area contributed by atoms with Crippen molar-refractivity contribution < 1.29 is 22.7 Å². The fourth-order valence-electron chi connectivity index (χ4n) is 4.44. The van der Waals surface area contributed by atoms with Crippen molar-refractivity contribution in [3.8, 4) is 17.2 Å². The first-order valence-corrected chi connectivity index (χ1v) is 12.9. The van der Waals surface area contributed by atoms with Crippen LogP contribution in [-0.4, -0.2) is 52.6 Å². The van der Waals surface area contributed by atoms with Crippen LogP contribution in [0.5, 0.6) is 0 Å². The number of carbonyl (C=O) groups excluding carboxylic acids is 1. The molecule has 10 nitrogen and oxygen atoms in total. The number of nitrogens with two attached hydrogens (primary N) is 1. The number of fused-ring (bicyclic) bond motifs is 2. The first kappa shape index (κ1) is 25.7. The van der Waals surface area contributed by atoms with Crippen LogP contribution in [-0.2, 0) is 11.3 Å². The lowest BCUT2D eigenvalue weighted by Gasteiger charge is -2.17. The minimum Gasteiger partial charge on any atom is -0.406 e. The van der Waals surface area contributed by atoms with Crippen molar-refractivity contribution in [3.05, 3.63) is 90.0 Å². The van der Waals surface area contributed by atoms with Crippen molar-refractivity contribution in [2.45, 2.75) is 31.1 Å². The normalized spacial score (nSPS) is 18.4. The second kappa shape index (κ2) is 9.86. The van der Waals surface area contributed by atoms with E-state index in [-0.39, 0.29) is 22.7 Å². The number of aromatic nitrogens is 5. The van der Waals surface area contributed by atoms with Crippen LogP contribution in [0.3, 0.4) is 0 Å². The van der Waals surface area contributed by atoms with Gasteiger partial charge in [-0.1, -0.05) is 23.9 Å². The molecule has 0 saturated carbocycles. The van der Waals surface area contributed by atoms with Gasteiger partial charge in [0.05, 0.1) is 35.4 Å². The maximum absolute atomic E-state index is 12.6. The molecule has 14 heteroatoms. The third kappa shape index (κ3) is 5.17. The smallest absolute Gasteiger partial charge is 0.406 e. The second-order valence-corrected chi connectivity index (χ2v) is 10.2. The Hall–Kier alpha value is -4.59. The Kier molecular flexibility index (Phi) is 6.33. The molecule has 1 amide bonds. The van der Waals surface area contributed by atoms with Gasteiger partial charge in [0.25, 0.3) is 5.91 Å². The van der Waals surface area contributed by atoms with Gasteiger partial charge in [-0.3, -0.25) is 18.8 Å². The fourth-order valence-corrected chi connectivity index (χ4v) is 5.53. The molecular weight excluding hydrogens is 545 g/mol. The molecule has 4 aromatic heterocycles. The zero-order valence-corrected chi connectivity index (χ0v) is 21.6. The zero-order valence-electron chi connectivity index (χ0n) is 20.8. The number of hydrogen-bond donors (Lipinski definition) is 2. The average Bonchev–Trinajstić information content (AvgIpc) is 3.62. The van der Waals surface area contributed by atoms with Crippen LogP contribution < -0.4 is 11.1 Å². The van der Waals surface area contributed by atoms with E-state index in [9.17, 15) is 18.0 Å². The van der Waals surface area contributed by atoms with Crippen LogP contribution in [0.15, 0.2) is 77.9 Å². The summed E-state index contributed by atoms with van der Waals surface area (Å²) in [5.74, 6) is -0.269. The van der Waals surface area contributed by atoms with Crippen molar-refractivity contribution in [1.29, 1.82) is 0 Å². The van der Waals surface area contributed by atoms with Gasteiger partial charge in [0.15, 0.2) is 11.0 Å². The van der Waals surface area contributed by atoms with Crippen molar-refractivity contribution in [3.63, 3.8) is 0 Å². The molecule has 2 unspecified atom stereocenters. The SMILES string of the molecule is Cc1cccc(-c2nc(CNC3=NC4C=CC(OC(F)(F)F)=CC4S3)cn2-c2ccc3ncc(C(N)=O)n3c2)n1. The van der Waals surface area contributed by atoms with Crippen LogP contribution in [0, 0.1) is 6.92 Å². The molecule has 1 aliphatic heterocycles. The van der Waals surface area contributed by atoms with Gasteiger partial charge in [0.2, 0.25) is 0 Å². The largest absolute Gasteiger partial charge is 0.573 e. The number of ether oxygens (including phenoxy) is 1. The van der Waals surface area contributed by atoms with Gasteiger partial charge in [0.1, 0.15) is 22.8 Å². The first-order valence-electron chi connectivity index (χ1n) is 12.1. The Labute approximate surface area is 229 Å². The van der Waals surface area contributed by atoms with Crippen LogP contribution in [0.4, 0.5) is 13.2 Å². The number of pyridine rings is 2. The van der Waals surface area contributed by atoms with Gasteiger partial charge >= 0.3 is 6.36 Å². The lowest BCUT2D eigenvalue weighted by Crippen LogP contribution is -2.20. The summed E-state index contributed by atoms with van der Waals surface area (Å²) in [6.45, 7) is 2.19. The van der Waals surface area contributed by atoms with Gasteiger partial charge in [-0.05, 0) is 43.3 Å². The van der Waals surface area contributed by atoms with E-state index in [2.05, 4.69) is 25.0 Å². The predicted molar refractivity (Wildman–Crippen MR) is 143 cm³/mol. The number of nitrogens with zero attached hydrogens (tertiary/aromatic N) is 6. The molecule has 0 bridgehead atoms. The number of aryl methyl sites for hydroxylation is 1. The average molecular weight is 567 g/mol. The number of allylic oxidation sites excluding steroid dienone is 1. The van der Waals surface area contributed by atoms with E-state index in [1.54, 1.807) is 22.7 Å². The molecule has 204 valence electrons. The third-order valence-electron chi connectivity index (χ3n) is 6.19. The van der Waals surface area contributed by atoms with E-state index < -0.39 is 12.3 Å². The van der Waals surface area contributed by atoms with E-state index in [1.165, 1.54) is 30.1 Å². The van der Waals surface area contributed by atoms with Crippen LogP contribution in [0.2, 0.25) is 0 Å². The van der Waals surface area contributed by atoms with Crippen LogP contribution >= 0.6 is 11.8 Å². The number of hydrogen-bond acceptors (Lipinski definition) is 8. The summed E-state index contributed by atoms with van der Waals surface area (Å²) >= 11 is 1.32. The minimum absolute atomic E-state index is 0.249. The lowest BCUT2D eigenvalue weighted by molar-refractivity contribution is -0.303. The molecule has 0 fully saturated rings. The van der Waals surface area contributed by atoms with Gasteiger partial charge in [0, 0.05) is 18.1 Å². The Bertz CT molecular complexity index is 1720. The summed E-state index contributed by atoms with van der Waals surface area (Å²) < 4.78 is 45.3. The van der Waals surface area contributed by atoms with Gasteiger partial charge in [-0.2, -0.15) is 0 Å². The van der Waals surface area contributed by atoms with Gasteiger partial charge in [-0.15, -0.1) is 13.2 Å². The van der Waals surface area contributed by atoms with E-state index in [4.69, 9.17) is 10.7 Å². The number of halogens is 3. The molecule has 5 heterocycles. The van der Waals surface area contributed by atoms with Crippen molar-refractivity contribution in [2.75, 3.05) is 0 Å². The van der Waals surface area contributed by atoms with Gasteiger partial charge < -0.3 is 15.8 Å². The summed E-state index contributed by atoms with van der Waals surface area (Å²) in [6, 6.07) is 8.97. The summed E-state index contributed by atoms with van der Waals surface area (Å²) in [5.41, 5.74) is 9.18. The Morgan fingerprint density at radius 3 is 2.83 bits per heavy atom. The molecule has 2 atom stereocenters. The first-order chi connectivity index (χ1) is 19.1. The highest BCUT2D eigenvalue weighted by Crippen LogP contribution is 2.34. The molecule has 0 spiro atoms. The number of amidine groups is 1. The number of primary amides is 1. The topological polar surface area (TPSA) is 125 Å². The predicted octanol–water partition coefficient (Wildman–Crippen LogP) is 3.91. The number of rotatable bonds is 6. The second-order valence-electron chi connectivity index (χ2n) is 9.05. The summed E-state index contributed by atoms with van der Waals surface area (Å²) in [4.78, 5) is 30.1. The lowest BCUT2D eigenvalue weighted by atomic mass is 10.1. The van der Waals surface area contributed by atoms with Crippen molar-refractivity contribution in [2.24, 2.45) is 10.7 Å². The number of amides is 1. The molecular formula is C26H21F3N8O2S. The zero-order chi connectivity index (χ0) is 28.0. The number of imidazole rings is 2. The summed E-state index contributed by atoms with van der Waals surface area (Å²) in [7, 11) is 0. The maximum atomic E-state index is 12.6. The van der Waals surface area contributed by atoms with E-state index in [1.807, 2.05) is 42.0 Å². The standard InChI is InChI=1S/C26H21F3N8O2S/c1-14-3-2-4-19(33-14)24-34-15(12-36(24)16-5-8-22-31-11-20(23(30)38)37(22)13-16)10-32-25-35-18-7-6-17(9-21(18)40-25)39-26(27,28)29/h2-9,11-13,18,21H,10H2,1H3,(H2,30,38)(H,32,35). The Morgan fingerprint density at radius 1 is 1.20 bits per heavy atom. The quantitative estimate of drug-likeness (QED) is 0.363. The molecule has 0 saturated heterocycles. The number of thioether (sulfide) groups is 1. The maximum Gasteiger partial charge on any atom is 0.573 e. The number of alkyl halides is 3. The highest BCUT2D eigenvalue weighted by Gasteiger charge is 2.35. The number of nitrogens with one attached hydrogen (secondary N) is 1. The molecule has 1 aliphatic carbocycles. The molecule has 0 aromatic carbocycles. The van der Waals surface area contributed by atoms with E-state index in [0.717, 1.165) is 5.69 Å². The van der Waals surface area contributed by atoms with Crippen LogP contribution in [0.25, 0.3) is 22.9 Å². The molecule has 40 heavy (non-hydrogen) atoms. The Balaban J connectivity index is 1.27. The van der Waals surface area contributed by atoms with Crippen LogP contribution in [0.1, 0.15) is 21.9 Å².